The van der Waals surface area contributed by atoms with Gasteiger partial charge in [0.2, 0.25) is 5.91 Å². The Morgan fingerprint density at radius 2 is 1.83 bits per heavy atom. The second-order valence-electron chi connectivity index (χ2n) is 8.50. The first kappa shape index (κ1) is 23.4. The number of anilines is 3. The maximum absolute atomic E-state index is 13.3. The average Bonchev–Trinajstić information content (AvgIpc) is 3.47. The third kappa shape index (κ3) is 5.04. The quantitative estimate of drug-likeness (QED) is 0.354. The Morgan fingerprint density at radius 1 is 1.06 bits per heavy atom. The zero-order valence-corrected chi connectivity index (χ0v) is 20.8. The van der Waals surface area contributed by atoms with Gasteiger partial charge in [0.15, 0.2) is 5.17 Å². The number of thioether (sulfide) groups is 1. The number of nitrogens with zero attached hydrogens (tertiary/aromatic N) is 3. The number of para-hydroxylation sites is 1. The maximum atomic E-state index is 13.3. The molecule has 0 radical (unpaired) electrons. The van der Waals surface area contributed by atoms with E-state index < -0.39 is 0 Å². The first-order chi connectivity index (χ1) is 17.5. The molecule has 1 aliphatic rings. The van der Waals surface area contributed by atoms with Crippen molar-refractivity contribution in [2.45, 2.75) is 0 Å². The van der Waals surface area contributed by atoms with E-state index in [9.17, 15) is 9.59 Å². The van der Waals surface area contributed by atoms with E-state index in [1.807, 2.05) is 104 Å². The van der Waals surface area contributed by atoms with E-state index in [1.54, 1.807) is 11.0 Å². The van der Waals surface area contributed by atoms with Crippen LogP contribution in [0.15, 0.2) is 95.7 Å². The fourth-order valence-electron chi connectivity index (χ4n) is 3.88. The highest BCUT2D eigenvalue weighted by molar-refractivity contribution is 8.14. The van der Waals surface area contributed by atoms with Gasteiger partial charge in [0.1, 0.15) is 5.70 Å². The number of H-pyrrole nitrogens is 1. The number of rotatable bonds is 6. The van der Waals surface area contributed by atoms with Crippen molar-refractivity contribution in [3.63, 3.8) is 0 Å². The lowest BCUT2D eigenvalue weighted by Crippen LogP contribution is -2.31. The van der Waals surface area contributed by atoms with Crippen molar-refractivity contribution in [2.24, 2.45) is 4.99 Å². The predicted molar refractivity (Wildman–Crippen MR) is 149 cm³/mol. The molecule has 0 atom stereocenters. The van der Waals surface area contributed by atoms with E-state index >= 15 is 0 Å². The minimum absolute atomic E-state index is 0.114. The molecule has 180 valence electrons. The van der Waals surface area contributed by atoms with Crippen molar-refractivity contribution in [3.05, 3.63) is 96.3 Å². The number of aromatic amines is 1. The number of hydrogen-bond donors (Lipinski definition) is 2. The number of hydrogen-bond acceptors (Lipinski definition) is 5. The van der Waals surface area contributed by atoms with Crippen LogP contribution in [0.25, 0.3) is 17.0 Å². The summed E-state index contributed by atoms with van der Waals surface area (Å²) < 4.78 is 0. The van der Waals surface area contributed by atoms with Gasteiger partial charge in [-0.2, -0.15) is 0 Å². The van der Waals surface area contributed by atoms with Crippen molar-refractivity contribution in [1.82, 2.24) is 4.98 Å². The molecule has 2 N–H and O–H groups in total. The van der Waals surface area contributed by atoms with Gasteiger partial charge in [-0.15, -0.1) is 0 Å². The van der Waals surface area contributed by atoms with Gasteiger partial charge in [-0.3, -0.25) is 14.5 Å². The second-order valence-corrected chi connectivity index (χ2v) is 9.45. The Balaban J connectivity index is 1.35. The number of aliphatic imine (C=N–C) groups is 1. The summed E-state index contributed by atoms with van der Waals surface area (Å²) in [5.74, 6) is -0.285. The minimum Gasteiger partial charge on any atom is -0.378 e. The van der Waals surface area contributed by atoms with E-state index in [0.29, 0.717) is 22.2 Å². The van der Waals surface area contributed by atoms with Gasteiger partial charge in [-0.05, 0) is 59.5 Å². The summed E-state index contributed by atoms with van der Waals surface area (Å²) in [5.41, 5.74) is 4.65. The molecule has 0 spiro atoms. The van der Waals surface area contributed by atoms with Crippen LogP contribution in [0.4, 0.5) is 17.1 Å². The molecule has 0 bridgehead atoms. The van der Waals surface area contributed by atoms with Crippen molar-refractivity contribution < 1.29 is 9.59 Å². The van der Waals surface area contributed by atoms with Crippen molar-refractivity contribution in [1.29, 1.82) is 0 Å². The Bertz CT molecular complexity index is 1470. The molecule has 0 fully saturated rings. The zero-order valence-electron chi connectivity index (χ0n) is 19.9. The predicted octanol–water partition coefficient (Wildman–Crippen LogP) is 5.35. The van der Waals surface area contributed by atoms with E-state index in [0.717, 1.165) is 22.2 Å². The molecule has 1 aliphatic heterocycles. The number of carbonyl (C=O) groups excluding carboxylic acids is 2. The second kappa shape index (κ2) is 10.1. The summed E-state index contributed by atoms with van der Waals surface area (Å²) in [6.45, 7) is 0. The SMILES string of the molecule is CN(C)c1ccc(/C=C2\N=C(SCC(=O)Nc3ccc4cc[nH]c4c3)N(c3ccccc3)C2=O)cc1. The number of fused-ring (bicyclic) bond motifs is 1. The van der Waals surface area contributed by atoms with Crippen LogP contribution in [0.3, 0.4) is 0 Å². The average molecular weight is 496 g/mol. The van der Waals surface area contributed by atoms with Crippen molar-refractivity contribution in [2.75, 3.05) is 35.0 Å². The molecule has 0 unspecified atom stereocenters. The van der Waals surface area contributed by atoms with Crippen LogP contribution in [-0.2, 0) is 9.59 Å². The summed E-state index contributed by atoms with van der Waals surface area (Å²) in [4.78, 5) is 37.4. The normalized spacial score (nSPS) is 14.4. The molecule has 5 rings (SSSR count). The van der Waals surface area contributed by atoms with E-state index in [4.69, 9.17) is 0 Å². The van der Waals surface area contributed by atoms with Crippen molar-refractivity contribution in [3.8, 4) is 0 Å². The third-order valence-electron chi connectivity index (χ3n) is 5.73. The van der Waals surface area contributed by atoms with Gasteiger partial charge in [-0.1, -0.05) is 48.2 Å². The lowest BCUT2D eigenvalue weighted by atomic mass is 10.1. The highest BCUT2D eigenvalue weighted by Gasteiger charge is 2.32. The van der Waals surface area contributed by atoms with E-state index in [2.05, 4.69) is 15.3 Å². The first-order valence-corrected chi connectivity index (χ1v) is 12.4. The summed E-state index contributed by atoms with van der Waals surface area (Å²) in [6, 6.07) is 24.9. The Morgan fingerprint density at radius 3 is 2.58 bits per heavy atom. The smallest absolute Gasteiger partial charge is 0.283 e. The Kier molecular flexibility index (Phi) is 6.60. The molecular formula is C28H25N5O2S. The van der Waals surface area contributed by atoms with Crippen LogP contribution in [0, 0.1) is 0 Å². The topological polar surface area (TPSA) is 80.8 Å². The molecule has 7 nitrogen and oxygen atoms in total. The summed E-state index contributed by atoms with van der Waals surface area (Å²) in [7, 11) is 3.96. The van der Waals surface area contributed by atoms with Crippen molar-refractivity contribution >= 4 is 62.8 Å². The molecule has 0 saturated carbocycles. The monoisotopic (exact) mass is 495 g/mol. The fraction of sp³-hybridized carbons (Fsp3) is 0.107. The molecule has 2 heterocycles. The van der Waals surface area contributed by atoms with Crippen LogP contribution in [0.1, 0.15) is 5.56 Å². The van der Waals surface area contributed by atoms with Gasteiger partial charge in [0, 0.05) is 37.2 Å². The van der Waals surface area contributed by atoms with E-state index in [-0.39, 0.29) is 17.6 Å². The minimum atomic E-state index is -0.224. The molecule has 0 aliphatic carbocycles. The summed E-state index contributed by atoms with van der Waals surface area (Å²) >= 11 is 1.23. The first-order valence-electron chi connectivity index (χ1n) is 11.4. The number of aromatic nitrogens is 1. The lowest BCUT2D eigenvalue weighted by Gasteiger charge is -2.17. The molecule has 36 heavy (non-hydrogen) atoms. The largest absolute Gasteiger partial charge is 0.378 e. The lowest BCUT2D eigenvalue weighted by molar-refractivity contribution is -0.114. The maximum Gasteiger partial charge on any atom is 0.283 e. The van der Waals surface area contributed by atoms with Crippen LogP contribution < -0.4 is 15.1 Å². The Hall–Kier alpha value is -4.30. The molecule has 0 saturated heterocycles. The zero-order chi connectivity index (χ0) is 25.1. The molecule has 4 aromatic rings. The molecular weight excluding hydrogens is 470 g/mol. The fourth-order valence-corrected chi connectivity index (χ4v) is 4.69. The van der Waals surface area contributed by atoms with Crippen LogP contribution in [-0.4, -0.2) is 41.8 Å². The van der Waals surface area contributed by atoms with Crippen LogP contribution in [0.5, 0.6) is 0 Å². The van der Waals surface area contributed by atoms with Gasteiger partial charge in [0.05, 0.1) is 11.4 Å². The van der Waals surface area contributed by atoms with Gasteiger partial charge < -0.3 is 15.2 Å². The molecule has 2 amide bonds. The highest BCUT2D eigenvalue weighted by Crippen LogP contribution is 2.30. The summed E-state index contributed by atoms with van der Waals surface area (Å²) in [5, 5.41) is 4.47. The molecule has 3 aromatic carbocycles. The standard InChI is InChI=1S/C28H25N5O2S/c1-32(2)22-12-8-19(9-13-22)16-25-27(35)33(23-6-4-3-5-7-23)28(31-25)36-18-26(34)30-21-11-10-20-14-15-29-24(20)17-21/h3-17,29H,18H2,1-2H3,(H,30,34)/b25-16-. The van der Waals surface area contributed by atoms with Gasteiger partial charge >= 0.3 is 0 Å². The van der Waals surface area contributed by atoms with E-state index in [1.165, 1.54) is 11.8 Å². The van der Waals surface area contributed by atoms with Gasteiger partial charge in [-0.25, -0.2) is 4.99 Å². The van der Waals surface area contributed by atoms with Crippen LogP contribution in [0.2, 0.25) is 0 Å². The number of benzene rings is 3. The number of amides is 2. The number of nitrogens with one attached hydrogen (secondary N) is 2. The molecule has 1 aromatic heterocycles. The Labute approximate surface area is 213 Å². The highest BCUT2D eigenvalue weighted by atomic mass is 32.2. The third-order valence-corrected chi connectivity index (χ3v) is 6.67. The number of amidine groups is 1. The summed E-state index contributed by atoms with van der Waals surface area (Å²) in [6.07, 6.45) is 3.64. The molecule has 8 heteroatoms. The van der Waals surface area contributed by atoms with Crippen LogP contribution >= 0.6 is 11.8 Å². The number of carbonyl (C=O) groups is 2. The van der Waals surface area contributed by atoms with Gasteiger partial charge in [0.25, 0.3) is 5.91 Å².